The molecule has 6 nitrogen and oxygen atoms in total. The van der Waals surface area contributed by atoms with Crippen molar-refractivity contribution in [2.45, 2.75) is 25.8 Å². The number of ether oxygens (including phenoxy) is 3. The fourth-order valence-corrected chi connectivity index (χ4v) is 2.14. The Kier molecular flexibility index (Phi) is 6.81. The molecule has 0 radical (unpaired) electrons. The first-order valence-corrected chi connectivity index (χ1v) is 6.88. The molecule has 0 aromatic heterocycles. The standard InChI is InChI=1S/C15H24N2O4/c1-5-6-17-11(8-15(16)18)10-7-13(20-3)14(21-4)9-12(10)19-2/h7,9,11,17H,5-6,8H2,1-4H3,(H2,16,18). The zero-order chi connectivity index (χ0) is 15.8. The highest BCUT2D eigenvalue weighted by Gasteiger charge is 2.21. The molecule has 6 heteroatoms. The Labute approximate surface area is 125 Å². The zero-order valence-corrected chi connectivity index (χ0v) is 13.1. The van der Waals surface area contributed by atoms with Crippen LogP contribution < -0.4 is 25.3 Å². The van der Waals surface area contributed by atoms with Crippen LogP contribution in [-0.2, 0) is 4.79 Å². The summed E-state index contributed by atoms with van der Waals surface area (Å²) in [6, 6.07) is 3.33. The Morgan fingerprint density at radius 3 is 2.19 bits per heavy atom. The maximum Gasteiger partial charge on any atom is 0.219 e. The molecule has 0 bridgehead atoms. The third-order valence-corrected chi connectivity index (χ3v) is 3.16. The number of primary amides is 1. The lowest BCUT2D eigenvalue weighted by Gasteiger charge is -2.22. The summed E-state index contributed by atoms with van der Waals surface area (Å²) in [5, 5.41) is 3.30. The maximum absolute atomic E-state index is 11.3. The molecule has 0 aliphatic carbocycles. The molecule has 1 amide bonds. The molecule has 1 unspecified atom stereocenters. The predicted octanol–water partition coefficient (Wildman–Crippen LogP) is 1.63. The zero-order valence-electron chi connectivity index (χ0n) is 13.1. The summed E-state index contributed by atoms with van der Waals surface area (Å²) in [5.41, 5.74) is 6.17. The van der Waals surface area contributed by atoms with Crippen LogP contribution in [0.3, 0.4) is 0 Å². The lowest BCUT2D eigenvalue weighted by molar-refractivity contribution is -0.118. The highest BCUT2D eigenvalue weighted by Crippen LogP contribution is 2.38. The summed E-state index contributed by atoms with van der Waals surface area (Å²) in [7, 11) is 4.70. The van der Waals surface area contributed by atoms with E-state index in [9.17, 15) is 4.79 Å². The lowest BCUT2D eigenvalue weighted by atomic mass is 10.0. The molecule has 1 aromatic carbocycles. The van der Waals surface area contributed by atoms with Gasteiger partial charge in [0.15, 0.2) is 11.5 Å². The smallest absolute Gasteiger partial charge is 0.219 e. The van der Waals surface area contributed by atoms with Crippen LogP contribution in [0, 0.1) is 0 Å². The number of nitrogens with two attached hydrogens (primary N) is 1. The first-order valence-electron chi connectivity index (χ1n) is 6.88. The van der Waals surface area contributed by atoms with E-state index in [1.165, 1.54) is 0 Å². The molecule has 0 saturated carbocycles. The van der Waals surface area contributed by atoms with Crippen LogP contribution in [0.15, 0.2) is 12.1 Å². The highest BCUT2D eigenvalue weighted by molar-refractivity contribution is 5.75. The fourth-order valence-electron chi connectivity index (χ4n) is 2.14. The Morgan fingerprint density at radius 1 is 1.14 bits per heavy atom. The molecule has 0 spiro atoms. The van der Waals surface area contributed by atoms with E-state index in [0.717, 1.165) is 18.5 Å². The molecular weight excluding hydrogens is 272 g/mol. The summed E-state index contributed by atoms with van der Waals surface area (Å²) in [6.45, 7) is 2.83. The van der Waals surface area contributed by atoms with E-state index in [1.807, 2.05) is 6.07 Å². The van der Waals surface area contributed by atoms with Crippen molar-refractivity contribution >= 4 is 5.91 Å². The van der Waals surface area contributed by atoms with Gasteiger partial charge in [0.25, 0.3) is 0 Å². The van der Waals surface area contributed by atoms with Crippen molar-refractivity contribution in [3.63, 3.8) is 0 Å². The molecule has 3 N–H and O–H groups in total. The number of hydrogen-bond acceptors (Lipinski definition) is 5. The third-order valence-electron chi connectivity index (χ3n) is 3.16. The van der Waals surface area contributed by atoms with Gasteiger partial charge in [0.1, 0.15) is 5.75 Å². The summed E-state index contributed by atoms with van der Waals surface area (Å²) in [5.74, 6) is 1.41. The van der Waals surface area contributed by atoms with Crippen molar-refractivity contribution in [1.82, 2.24) is 5.32 Å². The molecule has 0 aliphatic rings. The molecule has 0 fully saturated rings. The summed E-state index contributed by atoms with van der Waals surface area (Å²) >= 11 is 0. The average molecular weight is 296 g/mol. The fraction of sp³-hybridized carbons (Fsp3) is 0.533. The van der Waals surface area contributed by atoms with Crippen LogP contribution in [0.4, 0.5) is 0 Å². The van der Waals surface area contributed by atoms with E-state index >= 15 is 0 Å². The van der Waals surface area contributed by atoms with Crippen LogP contribution in [0.1, 0.15) is 31.4 Å². The van der Waals surface area contributed by atoms with Crippen molar-refractivity contribution in [2.24, 2.45) is 5.73 Å². The van der Waals surface area contributed by atoms with E-state index in [2.05, 4.69) is 12.2 Å². The van der Waals surface area contributed by atoms with E-state index in [0.29, 0.717) is 17.2 Å². The number of hydrogen-bond donors (Lipinski definition) is 2. The minimum Gasteiger partial charge on any atom is -0.496 e. The van der Waals surface area contributed by atoms with Crippen molar-refractivity contribution in [1.29, 1.82) is 0 Å². The summed E-state index contributed by atoms with van der Waals surface area (Å²) < 4.78 is 16.0. The van der Waals surface area contributed by atoms with Gasteiger partial charge in [0.05, 0.1) is 21.3 Å². The maximum atomic E-state index is 11.3. The number of amides is 1. The van der Waals surface area contributed by atoms with Gasteiger partial charge in [-0.25, -0.2) is 0 Å². The van der Waals surface area contributed by atoms with Gasteiger partial charge in [0.2, 0.25) is 5.91 Å². The lowest BCUT2D eigenvalue weighted by Crippen LogP contribution is -2.27. The van der Waals surface area contributed by atoms with E-state index in [1.54, 1.807) is 27.4 Å². The van der Waals surface area contributed by atoms with Gasteiger partial charge in [-0.3, -0.25) is 4.79 Å². The first-order chi connectivity index (χ1) is 10.1. The molecule has 21 heavy (non-hydrogen) atoms. The largest absolute Gasteiger partial charge is 0.496 e. The number of carbonyl (C=O) groups excluding carboxylic acids is 1. The monoisotopic (exact) mass is 296 g/mol. The normalized spacial score (nSPS) is 11.8. The second kappa shape index (κ2) is 8.36. The van der Waals surface area contributed by atoms with E-state index in [4.69, 9.17) is 19.9 Å². The highest BCUT2D eigenvalue weighted by atomic mass is 16.5. The average Bonchev–Trinajstić information content (AvgIpc) is 2.49. The number of rotatable bonds is 9. The third kappa shape index (κ3) is 4.53. The van der Waals surface area contributed by atoms with E-state index < -0.39 is 0 Å². The quantitative estimate of drug-likeness (QED) is 0.723. The van der Waals surface area contributed by atoms with Crippen LogP contribution in [-0.4, -0.2) is 33.8 Å². The predicted molar refractivity (Wildman–Crippen MR) is 80.9 cm³/mol. The first kappa shape index (κ1) is 17.1. The van der Waals surface area contributed by atoms with Crippen molar-refractivity contribution in [3.05, 3.63) is 17.7 Å². The summed E-state index contributed by atoms with van der Waals surface area (Å²) in [6.07, 6.45) is 1.14. The Balaban J connectivity index is 3.23. The molecule has 118 valence electrons. The Morgan fingerprint density at radius 2 is 1.71 bits per heavy atom. The van der Waals surface area contributed by atoms with Gasteiger partial charge in [-0.05, 0) is 19.0 Å². The Bertz CT molecular complexity index is 477. The van der Waals surface area contributed by atoms with E-state index in [-0.39, 0.29) is 18.4 Å². The molecular formula is C15H24N2O4. The Hall–Kier alpha value is -1.95. The second-order valence-electron chi connectivity index (χ2n) is 4.63. The molecule has 1 rings (SSSR count). The van der Waals surface area contributed by atoms with Gasteiger partial charge in [-0.1, -0.05) is 6.92 Å². The summed E-state index contributed by atoms with van der Waals surface area (Å²) in [4.78, 5) is 11.3. The van der Waals surface area contributed by atoms with Crippen molar-refractivity contribution in [2.75, 3.05) is 27.9 Å². The number of methoxy groups -OCH3 is 3. The number of benzene rings is 1. The SMILES string of the molecule is CCCNC(CC(N)=O)c1cc(OC)c(OC)cc1OC. The number of carbonyl (C=O) groups is 1. The van der Waals surface area contributed by atoms with Crippen molar-refractivity contribution < 1.29 is 19.0 Å². The topological polar surface area (TPSA) is 82.8 Å². The molecule has 0 aliphatic heterocycles. The van der Waals surface area contributed by atoms with Gasteiger partial charge >= 0.3 is 0 Å². The number of nitrogens with one attached hydrogen (secondary N) is 1. The minimum absolute atomic E-state index is 0.186. The van der Waals surface area contributed by atoms with Crippen LogP contribution in [0.2, 0.25) is 0 Å². The van der Waals surface area contributed by atoms with Crippen molar-refractivity contribution in [3.8, 4) is 17.2 Å². The molecule has 0 heterocycles. The van der Waals surface area contributed by atoms with Gasteiger partial charge in [0, 0.05) is 24.1 Å². The van der Waals surface area contributed by atoms with Gasteiger partial charge < -0.3 is 25.3 Å². The van der Waals surface area contributed by atoms with Gasteiger partial charge in [-0.2, -0.15) is 0 Å². The second-order valence-corrected chi connectivity index (χ2v) is 4.63. The molecule has 1 aromatic rings. The van der Waals surface area contributed by atoms with Crippen LogP contribution in [0.25, 0.3) is 0 Å². The minimum atomic E-state index is -0.375. The van der Waals surface area contributed by atoms with Gasteiger partial charge in [-0.15, -0.1) is 0 Å². The van der Waals surface area contributed by atoms with Crippen LogP contribution in [0.5, 0.6) is 17.2 Å². The molecule has 1 atom stereocenters. The molecule has 0 saturated heterocycles. The van der Waals surface area contributed by atoms with Crippen LogP contribution >= 0.6 is 0 Å².